The highest BCUT2D eigenvalue weighted by Gasteiger charge is 2.52. The monoisotopic (exact) mass is 312 g/mol. The van der Waals surface area contributed by atoms with Gasteiger partial charge >= 0.3 is 11.9 Å². The Morgan fingerprint density at radius 2 is 1.82 bits per heavy atom. The molecule has 22 heavy (non-hydrogen) atoms. The van der Waals surface area contributed by atoms with Gasteiger partial charge in [0.2, 0.25) is 0 Å². The maximum absolute atomic E-state index is 11.6. The van der Waals surface area contributed by atoms with Gasteiger partial charge in [0.05, 0.1) is 33.9 Å². The quantitative estimate of drug-likeness (QED) is 0.550. The van der Waals surface area contributed by atoms with E-state index in [1.54, 1.807) is 6.08 Å². The minimum absolute atomic E-state index is 0.1000. The molecule has 0 N–H and O–H groups in total. The van der Waals surface area contributed by atoms with Crippen molar-refractivity contribution >= 4 is 11.9 Å². The van der Waals surface area contributed by atoms with Gasteiger partial charge in [-0.05, 0) is 18.8 Å². The number of hydrogen-bond acceptors (Lipinski definition) is 6. The Hall–Kier alpha value is -1.40. The molecule has 6 nitrogen and oxygen atoms in total. The lowest BCUT2D eigenvalue weighted by molar-refractivity contribution is -0.186. The predicted molar refractivity (Wildman–Crippen MR) is 77.9 cm³/mol. The van der Waals surface area contributed by atoms with Crippen LogP contribution in [0.25, 0.3) is 0 Å². The first-order valence-electron chi connectivity index (χ1n) is 7.68. The summed E-state index contributed by atoms with van der Waals surface area (Å²) in [5.74, 6) is -0.773. The molecule has 0 aromatic heterocycles. The van der Waals surface area contributed by atoms with Gasteiger partial charge in [-0.3, -0.25) is 9.59 Å². The second-order valence-electron chi connectivity index (χ2n) is 5.68. The molecule has 2 rings (SSSR count). The van der Waals surface area contributed by atoms with Crippen LogP contribution >= 0.6 is 0 Å². The predicted octanol–water partition coefficient (Wildman–Crippen LogP) is 1.83. The third-order valence-corrected chi connectivity index (χ3v) is 4.50. The van der Waals surface area contributed by atoms with Crippen molar-refractivity contribution in [2.24, 2.45) is 11.8 Å². The van der Waals surface area contributed by atoms with Crippen LogP contribution in [0.1, 0.15) is 32.1 Å². The molecule has 1 spiro atoms. The highest BCUT2D eigenvalue weighted by Crippen LogP contribution is 2.49. The summed E-state index contributed by atoms with van der Waals surface area (Å²) in [4.78, 5) is 22.7. The van der Waals surface area contributed by atoms with Crippen molar-refractivity contribution in [2.45, 2.75) is 37.9 Å². The SMILES string of the molecule is COC(=O)C/C=C\C[C@@H]1[C@@H](CC(=O)OC)CCC12OCCO2. The van der Waals surface area contributed by atoms with Gasteiger partial charge in [-0.2, -0.15) is 0 Å². The highest BCUT2D eigenvalue weighted by atomic mass is 16.7. The van der Waals surface area contributed by atoms with E-state index in [2.05, 4.69) is 4.74 Å². The van der Waals surface area contributed by atoms with E-state index in [4.69, 9.17) is 14.2 Å². The lowest BCUT2D eigenvalue weighted by Gasteiger charge is -2.31. The number of esters is 2. The Balaban J connectivity index is 1.99. The number of ether oxygens (including phenoxy) is 4. The van der Waals surface area contributed by atoms with Crippen LogP contribution in [0, 0.1) is 11.8 Å². The number of carbonyl (C=O) groups excluding carboxylic acids is 2. The number of methoxy groups -OCH3 is 2. The Kier molecular flexibility index (Phi) is 5.97. The van der Waals surface area contributed by atoms with Crippen LogP contribution in [-0.4, -0.2) is 45.2 Å². The van der Waals surface area contributed by atoms with E-state index in [1.165, 1.54) is 14.2 Å². The topological polar surface area (TPSA) is 71.1 Å². The summed E-state index contributed by atoms with van der Waals surface area (Å²) in [6.45, 7) is 1.18. The molecule has 2 aliphatic rings. The van der Waals surface area contributed by atoms with Gasteiger partial charge in [0, 0.05) is 18.8 Å². The summed E-state index contributed by atoms with van der Waals surface area (Å²) in [6, 6.07) is 0. The number of allylic oxidation sites excluding steroid dienone is 1. The van der Waals surface area contributed by atoms with Gasteiger partial charge in [-0.25, -0.2) is 0 Å². The molecule has 1 saturated carbocycles. The van der Waals surface area contributed by atoms with Crippen molar-refractivity contribution < 1.29 is 28.5 Å². The highest BCUT2D eigenvalue weighted by molar-refractivity contribution is 5.71. The standard InChI is InChI=1S/C16H24O6/c1-19-14(17)6-4-3-5-13-12(11-15(18)20-2)7-8-16(13)21-9-10-22-16/h3-4,12-13H,5-11H2,1-2H3/b4-3-/t12-,13-/m1/s1. The van der Waals surface area contributed by atoms with Crippen molar-refractivity contribution in [3.8, 4) is 0 Å². The second kappa shape index (κ2) is 7.74. The molecule has 0 radical (unpaired) electrons. The summed E-state index contributed by atoms with van der Waals surface area (Å²) in [6.07, 6.45) is 6.75. The maximum Gasteiger partial charge on any atom is 0.309 e. The van der Waals surface area contributed by atoms with Gasteiger partial charge in [-0.1, -0.05) is 12.2 Å². The van der Waals surface area contributed by atoms with Crippen molar-refractivity contribution in [1.29, 1.82) is 0 Å². The van der Waals surface area contributed by atoms with Crippen LogP contribution < -0.4 is 0 Å². The fourth-order valence-electron chi connectivity index (χ4n) is 3.38. The molecule has 1 aliphatic heterocycles. The van der Waals surface area contributed by atoms with Crippen LogP contribution in [-0.2, 0) is 28.5 Å². The van der Waals surface area contributed by atoms with Gasteiger partial charge in [0.15, 0.2) is 5.79 Å². The molecule has 1 heterocycles. The zero-order valence-corrected chi connectivity index (χ0v) is 13.2. The molecule has 0 amide bonds. The molecule has 0 unspecified atom stereocenters. The molecule has 2 fully saturated rings. The second-order valence-corrected chi connectivity index (χ2v) is 5.68. The zero-order valence-electron chi connectivity index (χ0n) is 13.2. The molecule has 0 bridgehead atoms. The summed E-state index contributed by atoms with van der Waals surface area (Å²) in [5.41, 5.74) is 0. The molecular formula is C16H24O6. The smallest absolute Gasteiger partial charge is 0.309 e. The van der Waals surface area contributed by atoms with Crippen LogP contribution in [0.3, 0.4) is 0 Å². The number of carbonyl (C=O) groups is 2. The van der Waals surface area contributed by atoms with E-state index < -0.39 is 5.79 Å². The Morgan fingerprint density at radius 1 is 1.14 bits per heavy atom. The third kappa shape index (κ3) is 3.87. The molecular weight excluding hydrogens is 288 g/mol. The van der Waals surface area contributed by atoms with Gasteiger partial charge < -0.3 is 18.9 Å². The van der Waals surface area contributed by atoms with Crippen LogP contribution in [0.5, 0.6) is 0 Å². The normalized spacial score (nSPS) is 26.6. The average Bonchev–Trinajstić information content (AvgIpc) is 3.13. The number of hydrogen-bond donors (Lipinski definition) is 0. The largest absolute Gasteiger partial charge is 0.469 e. The first kappa shape index (κ1) is 17.0. The lowest BCUT2D eigenvalue weighted by Crippen LogP contribution is -2.37. The first-order chi connectivity index (χ1) is 10.6. The first-order valence-corrected chi connectivity index (χ1v) is 7.68. The van der Waals surface area contributed by atoms with Crippen molar-refractivity contribution in [3.05, 3.63) is 12.2 Å². The molecule has 1 saturated heterocycles. The van der Waals surface area contributed by atoms with E-state index in [1.807, 2.05) is 6.08 Å². The molecule has 0 aromatic rings. The van der Waals surface area contributed by atoms with E-state index >= 15 is 0 Å². The lowest BCUT2D eigenvalue weighted by atomic mass is 9.87. The van der Waals surface area contributed by atoms with Gasteiger partial charge in [0.1, 0.15) is 0 Å². The van der Waals surface area contributed by atoms with Gasteiger partial charge in [-0.15, -0.1) is 0 Å². The molecule has 124 valence electrons. The van der Waals surface area contributed by atoms with Crippen LogP contribution in [0.4, 0.5) is 0 Å². The summed E-state index contributed by atoms with van der Waals surface area (Å²) < 4.78 is 21.1. The van der Waals surface area contributed by atoms with E-state index in [0.29, 0.717) is 26.1 Å². The maximum atomic E-state index is 11.6. The van der Waals surface area contributed by atoms with Crippen LogP contribution in [0.2, 0.25) is 0 Å². The average molecular weight is 312 g/mol. The number of rotatable bonds is 6. The van der Waals surface area contributed by atoms with Crippen molar-refractivity contribution in [2.75, 3.05) is 27.4 Å². The molecule has 2 atom stereocenters. The van der Waals surface area contributed by atoms with Crippen molar-refractivity contribution in [1.82, 2.24) is 0 Å². The van der Waals surface area contributed by atoms with E-state index in [0.717, 1.165) is 12.8 Å². The zero-order chi connectivity index (χ0) is 16.0. The summed E-state index contributed by atoms with van der Waals surface area (Å²) >= 11 is 0. The van der Waals surface area contributed by atoms with Crippen LogP contribution in [0.15, 0.2) is 12.2 Å². The fraction of sp³-hybridized carbons (Fsp3) is 0.750. The summed E-state index contributed by atoms with van der Waals surface area (Å²) in [7, 11) is 2.77. The minimum atomic E-state index is -0.575. The fourth-order valence-corrected chi connectivity index (χ4v) is 3.38. The van der Waals surface area contributed by atoms with E-state index in [9.17, 15) is 9.59 Å². The molecule has 1 aliphatic carbocycles. The Labute approximate surface area is 130 Å². The van der Waals surface area contributed by atoms with Crippen molar-refractivity contribution in [3.63, 3.8) is 0 Å². The molecule has 0 aromatic carbocycles. The van der Waals surface area contributed by atoms with Gasteiger partial charge in [0.25, 0.3) is 0 Å². The Bertz CT molecular complexity index is 424. The van der Waals surface area contributed by atoms with E-state index in [-0.39, 0.29) is 30.2 Å². The molecule has 6 heteroatoms. The Morgan fingerprint density at radius 3 is 2.45 bits per heavy atom. The third-order valence-electron chi connectivity index (χ3n) is 4.50. The minimum Gasteiger partial charge on any atom is -0.469 e. The summed E-state index contributed by atoms with van der Waals surface area (Å²) in [5, 5.41) is 0.